The van der Waals surface area contributed by atoms with E-state index in [1.807, 2.05) is 18.2 Å². The number of amides is 1. The summed E-state index contributed by atoms with van der Waals surface area (Å²) >= 11 is 0. The van der Waals surface area contributed by atoms with Gasteiger partial charge in [-0.2, -0.15) is 0 Å². The standard InChI is InChI=1S/C21H32N4O3.HI/c1-22-21(23-9-4-10-28-15-16-7-11-27-12-8-16)24-14-17-13-20(26)25-19-6-3-2-5-18(17)19;/h2-3,5-6,16-17H,4,7-15H2,1H3,(H,25,26)(H2,22,23,24);1H. The van der Waals surface area contributed by atoms with Gasteiger partial charge in [0.25, 0.3) is 0 Å². The molecule has 3 N–H and O–H groups in total. The van der Waals surface area contributed by atoms with Gasteiger partial charge in [0, 0.05) is 64.6 Å². The normalized spacial score (nSPS) is 19.7. The Bertz CT molecular complexity index is 665. The number of carbonyl (C=O) groups excluding carboxylic acids is 1. The Hall–Kier alpha value is -1.39. The number of hydrogen-bond donors (Lipinski definition) is 3. The molecular weight excluding hydrogens is 483 g/mol. The quantitative estimate of drug-likeness (QED) is 0.214. The molecule has 0 saturated carbocycles. The van der Waals surface area contributed by atoms with Crippen LogP contribution in [0.25, 0.3) is 0 Å². The highest BCUT2D eigenvalue weighted by atomic mass is 127. The van der Waals surface area contributed by atoms with Crippen LogP contribution < -0.4 is 16.0 Å². The number of hydrogen-bond acceptors (Lipinski definition) is 4. The van der Waals surface area contributed by atoms with Crippen LogP contribution in [0, 0.1) is 5.92 Å². The molecule has 2 aliphatic heterocycles. The van der Waals surface area contributed by atoms with Gasteiger partial charge in [0.1, 0.15) is 0 Å². The number of anilines is 1. The number of aliphatic imine (C=N–C) groups is 1. The number of fused-ring (bicyclic) bond motifs is 1. The lowest BCUT2D eigenvalue weighted by atomic mass is 9.90. The van der Waals surface area contributed by atoms with Crippen molar-refractivity contribution in [3.05, 3.63) is 29.8 Å². The lowest BCUT2D eigenvalue weighted by Gasteiger charge is -2.26. The first-order chi connectivity index (χ1) is 13.8. The summed E-state index contributed by atoms with van der Waals surface area (Å²) in [5, 5.41) is 9.60. The van der Waals surface area contributed by atoms with Crippen LogP contribution in [0.5, 0.6) is 0 Å². The number of carbonyl (C=O) groups is 1. The predicted octanol–water partition coefficient (Wildman–Crippen LogP) is 2.73. The Labute approximate surface area is 190 Å². The molecule has 0 spiro atoms. The Morgan fingerprint density at radius 2 is 2.07 bits per heavy atom. The summed E-state index contributed by atoms with van der Waals surface area (Å²) in [5.41, 5.74) is 2.08. The number of para-hydroxylation sites is 1. The van der Waals surface area contributed by atoms with Crippen molar-refractivity contribution >= 4 is 41.5 Å². The van der Waals surface area contributed by atoms with Gasteiger partial charge < -0.3 is 25.4 Å². The zero-order valence-corrected chi connectivity index (χ0v) is 19.4. The molecule has 1 atom stereocenters. The van der Waals surface area contributed by atoms with E-state index < -0.39 is 0 Å². The average molecular weight is 516 g/mol. The van der Waals surface area contributed by atoms with Gasteiger partial charge in [-0.25, -0.2) is 0 Å². The molecule has 1 fully saturated rings. The van der Waals surface area contributed by atoms with E-state index in [1.54, 1.807) is 7.05 Å². The number of nitrogens with zero attached hydrogens (tertiary/aromatic N) is 1. The van der Waals surface area contributed by atoms with Crippen LogP contribution in [0.3, 0.4) is 0 Å². The monoisotopic (exact) mass is 516 g/mol. The largest absolute Gasteiger partial charge is 0.381 e. The van der Waals surface area contributed by atoms with Crippen molar-refractivity contribution in [2.75, 3.05) is 51.9 Å². The fourth-order valence-corrected chi connectivity index (χ4v) is 3.67. The smallest absolute Gasteiger partial charge is 0.225 e. The van der Waals surface area contributed by atoms with Crippen molar-refractivity contribution in [2.24, 2.45) is 10.9 Å². The van der Waals surface area contributed by atoms with E-state index in [1.165, 1.54) is 5.56 Å². The second-order valence-electron chi connectivity index (χ2n) is 7.40. The number of ether oxygens (including phenoxy) is 2. The first kappa shape index (κ1) is 23.9. The molecule has 0 aliphatic carbocycles. The molecule has 1 amide bonds. The molecule has 1 aromatic carbocycles. The van der Waals surface area contributed by atoms with Crippen LogP contribution in [0.1, 0.15) is 37.2 Å². The van der Waals surface area contributed by atoms with Crippen LogP contribution in [-0.2, 0) is 14.3 Å². The third-order valence-electron chi connectivity index (χ3n) is 5.30. The molecule has 2 aliphatic rings. The molecule has 1 saturated heterocycles. The SMILES string of the molecule is CN=C(NCCCOCC1CCOCC1)NCC1CC(=O)Nc2ccccc21.I. The first-order valence-electron chi connectivity index (χ1n) is 10.2. The van der Waals surface area contributed by atoms with E-state index in [-0.39, 0.29) is 35.8 Å². The summed E-state index contributed by atoms with van der Waals surface area (Å²) in [5.74, 6) is 1.61. The fraction of sp³-hybridized carbons (Fsp3) is 0.619. The lowest BCUT2D eigenvalue weighted by Crippen LogP contribution is -2.41. The Kier molecular flexibility index (Phi) is 10.7. The van der Waals surface area contributed by atoms with Gasteiger partial charge in [-0.15, -0.1) is 24.0 Å². The summed E-state index contributed by atoms with van der Waals surface area (Å²) in [6.07, 6.45) is 3.63. The van der Waals surface area contributed by atoms with Crippen molar-refractivity contribution in [1.82, 2.24) is 10.6 Å². The zero-order valence-electron chi connectivity index (χ0n) is 17.1. The summed E-state index contributed by atoms with van der Waals surface area (Å²) in [7, 11) is 1.76. The molecule has 7 nitrogen and oxygen atoms in total. The first-order valence-corrected chi connectivity index (χ1v) is 10.2. The number of halogens is 1. The van der Waals surface area contributed by atoms with E-state index >= 15 is 0 Å². The molecule has 2 heterocycles. The highest BCUT2D eigenvalue weighted by Crippen LogP contribution is 2.31. The Morgan fingerprint density at radius 3 is 2.86 bits per heavy atom. The van der Waals surface area contributed by atoms with Crippen LogP contribution >= 0.6 is 24.0 Å². The third-order valence-corrected chi connectivity index (χ3v) is 5.30. The van der Waals surface area contributed by atoms with Crippen molar-refractivity contribution in [3.8, 4) is 0 Å². The Balaban J connectivity index is 0.00000300. The molecule has 0 bridgehead atoms. The highest BCUT2D eigenvalue weighted by molar-refractivity contribution is 14.0. The molecule has 3 rings (SSSR count). The van der Waals surface area contributed by atoms with Gasteiger partial charge in [-0.1, -0.05) is 18.2 Å². The van der Waals surface area contributed by atoms with Gasteiger partial charge in [0.05, 0.1) is 0 Å². The summed E-state index contributed by atoms with van der Waals surface area (Å²) < 4.78 is 11.2. The van der Waals surface area contributed by atoms with Gasteiger partial charge in [0.15, 0.2) is 5.96 Å². The molecule has 0 radical (unpaired) electrons. The van der Waals surface area contributed by atoms with E-state index in [2.05, 4.69) is 27.0 Å². The van der Waals surface area contributed by atoms with E-state index in [0.717, 1.165) is 63.9 Å². The molecule has 1 unspecified atom stereocenters. The van der Waals surface area contributed by atoms with Gasteiger partial charge >= 0.3 is 0 Å². The van der Waals surface area contributed by atoms with E-state index in [0.29, 0.717) is 18.9 Å². The topological polar surface area (TPSA) is 84.0 Å². The van der Waals surface area contributed by atoms with Crippen molar-refractivity contribution in [2.45, 2.75) is 31.6 Å². The van der Waals surface area contributed by atoms with E-state index in [9.17, 15) is 4.79 Å². The minimum Gasteiger partial charge on any atom is -0.381 e. The highest BCUT2D eigenvalue weighted by Gasteiger charge is 2.24. The maximum atomic E-state index is 11.9. The Morgan fingerprint density at radius 1 is 1.28 bits per heavy atom. The number of guanidine groups is 1. The van der Waals surface area contributed by atoms with Crippen molar-refractivity contribution in [1.29, 1.82) is 0 Å². The average Bonchev–Trinajstić information content (AvgIpc) is 2.73. The van der Waals surface area contributed by atoms with Gasteiger partial charge in [0.2, 0.25) is 5.91 Å². The second-order valence-corrected chi connectivity index (χ2v) is 7.40. The van der Waals surface area contributed by atoms with Crippen LogP contribution in [0.15, 0.2) is 29.3 Å². The maximum Gasteiger partial charge on any atom is 0.225 e. The van der Waals surface area contributed by atoms with E-state index in [4.69, 9.17) is 9.47 Å². The fourth-order valence-electron chi connectivity index (χ4n) is 3.67. The summed E-state index contributed by atoms with van der Waals surface area (Å²) in [4.78, 5) is 16.2. The lowest BCUT2D eigenvalue weighted by molar-refractivity contribution is -0.116. The minimum absolute atomic E-state index is 0. The number of benzene rings is 1. The van der Waals surface area contributed by atoms with Crippen LogP contribution in [0.2, 0.25) is 0 Å². The van der Waals surface area contributed by atoms with Crippen LogP contribution in [-0.4, -0.2) is 58.4 Å². The van der Waals surface area contributed by atoms with Gasteiger partial charge in [-0.05, 0) is 36.8 Å². The predicted molar refractivity (Wildman–Crippen MR) is 126 cm³/mol. The third kappa shape index (κ3) is 7.75. The molecular formula is C21H33IN4O3. The molecule has 1 aromatic rings. The van der Waals surface area contributed by atoms with Crippen LogP contribution in [0.4, 0.5) is 5.69 Å². The van der Waals surface area contributed by atoms with Crippen molar-refractivity contribution < 1.29 is 14.3 Å². The molecule has 162 valence electrons. The van der Waals surface area contributed by atoms with Crippen molar-refractivity contribution in [3.63, 3.8) is 0 Å². The number of rotatable bonds is 8. The summed E-state index contributed by atoms with van der Waals surface area (Å²) in [6, 6.07) is 7.98. The summed E-state index contributed by atoms with van der Waals surface area (Å²) in [6.45, 7) is 4.78. The molecule has 8 heteroatoms. The number of nitrogens with one attached hydrogen (secondary N) is 3. The maximum absolute atomic E-state index is 11.9. The van der Waals surface area contributed by atoms with Gasteiger partial charge in [-0.3, -0.25) is 9.79 Å². The zero-order chi connectivity index (χ0) is 19.6. The minimum atomic E-state index is 0. The molecule has 29 heavy (non-hydrogen) atoms. The molecule has 0 aromatic heterocycles. The second kappa shape index (κ2) is 13.0.